The summed E-state index contributed by atoms with van der Waals surface area (Å²) in [5, 5.41) is 12.1. The summed E-state index contributed by atoms with van der Waals surface area (Å²) in [6.45, 7) is 3.87. The molecule has 0 spiro atoms. The maximum atomic E-state index is 12.3. The molecule has 0 fully saturated rings. The summed E-state index contributed by atoms with van der Waals surface area (Å²) in [7, 11) is 0. The van der Waals surface area contributed by atoms with Crippen LogP contribution in [-0.4, -0.2) is 27.0 Å². The topological polar surface area (TPSA) is 112 Å². The van der Waals surface area contributed by atoms with Crippen LogP contribution < -0.4 is 10.9 Å². The van der Waals surface area contributed by atoms with Gasteiger partial charge < -0.3 is 15.4 Å². The molecule has 7 nitrogen and oxygen atoms in total. The van der Waals surface area contributed by atoms with Crippen LogP contribution in [0, 0.1) is 13.8 Å². The summed E-state index contributed by atoms with van der Waals surface area (Å²) >= 11 is 1.48. The Morgan fingerprint density at radius 3 is 2.54 bits per heavy atom. The average molecular weight is 399 g/mol. The average Bonchev–Trinajstić information content (AvgIpc) is 2.93. The summed E-state index contributed by atoms with van der Waals surface area (Å²) in [6, 6.07) is 7.09. The molecule has 8 heteroatoms. The lowest BCUT2D eigenvalue weighted by Crippen LogP contribution is -2.16. The number of hydrogen-bond acceptors (Lipinski definition) is 5. The van der Waals surface area contributed by atoms with Gasteiger partial charge in [-0.25, -0.2) is 4.98 Å². The molecule has 0 radical (unpaired) electrons. The highest BCUT2D eigenvalue weighted by atomic mass is 32.1. The van der Waals surface area contributed by atoms with Gasteiger partial charge in [-0.1, -0.05) is 12.1 Å². The standard InChI is InChI=1S/C20H21N3O4S/c1-11-12(2)28-20-18(11)19(27)22-15(23-20)8-9-16(24)21-14-6-3-13(4-7-14)5-10-17(25)26/h3-4,6-7H,5,8-10H2,1-2H3,(H,21,24)(H,25,26)(H,22,23,27). The molecule has 0 aliphatic heterocycles. The van der Waals surface area contributed by atoms with Crippen molar-refractivity contribution in [1.82, 2.24) is 9.97 Å². The molecule has 3 rings (SSSR count). The Morgan fingerprint density at radius 2 is 1.86 bits per heavy atom. The number of rotatable bonds is 7. The fraction of sp³-hybridized carbons (Fsp3) is 0.300. The molecule has 146 valence electrons. The van der Waals surface area contributed by atoms with Crippen molar-refractivity contribution < 1.29 is 14.7 Å². The number of fused-ring (bicyclic) bond motifs is 1. The number of H-pyrrole nitrogens is 1. The zero-order valence-electron chi connectivity index (χ0n) is 15.7. The second-order valence-corrected chi connectivity index (χ2v) is 7.82. The van der Waals surface area contributed by atoms with Gasteiger partial charge in [-0.3, -0.25) is 14.4 Å². The van der Waals surface area contributed by atoms with Crippen LogP contribution in [0.25, 0.3) is 10.2 Å². The minimum Gasteiger partial charge on any atom is -0.481 e. The number of anilines is 1. The van der Waals surface area contributed by atoms with E-state index in [0.29, 0.717) is 34.6 Å². The minimum atomic E-state index is -0.838. The molecule has 1 amide bonds. The Labute approximate surface area is 165 Å². The lowest BCUT2D eigenvalue weighted by Gasteiger charge is -2.06. The van der Waals surface area contributed by atoms with E-state index in [0.717, 1.165) is 16.0 Å². The molecule has 0 aliphatic rings. The summed E-state index contributed by atoms with van der Waals surface area (Å²) < 4.78 is 0. The molecule has 0 atom stereocenters. The van der Waals surface area contributed by atoms with Gasteiger partial charge >= 0.3 is 5.97 Å². The predicted octanol–water partition coefficient (Wildman–Crippen LogP) is 3.19. The van der Waals surface area contributed by atoms with Crippen LogP contribution in [0.2, 0.25) is 0 Å². The van der Waals surface area contributed by atoms with Gasteiger partial charge in [0.25, 0.3) is 5.56 Å². The number of benzene rings is 1. The molecule has 0 aliphatic carbocycles. The first-order valence-corrected chi connectivity index (χ1v) is 9.74. The van der Waals surface area contributed by atoms with Crippen LogP contribution in [0.15, 0.2) is 29.1 Å². The van der Waals surface area contributed by atoms with Crippen molar-refractivity contribution in [2.45, 2.75) is 39.5 Å². The van der Waals surface area contributed by atoms with Gasteiger partial charge in [0, 0.05) is 29.8 Å². The SMILES string of the molecule is Cc1sc2nc(CCC(=O)Nc3ccc(CCC(=O)O)cc3)[nH]c(=O)c2c1C. The van der Waals surface area contributed by atoms with Crippen LogP contribution in [0.5, 0.6) is 0 Å². The first kappa shape index (κ1) is 19.8. The third-order valence-electron chi connectivity index (χ3n) is 4.54. The number of amides is 1. The van der Waals surface area contributed by atoms with Crippen LogP contribution in [0.4, 0.5) is 5.69 Å². The number of carboxylic acids is 1. The van der Waals surface area contributed by atoms with E-state index in [-0.39, 0.29) is 24.3 Å². The van der Waals surface area contributed by atoms with Crippen LogP contribution in [-0.2, 0) is 22.4 Å². The summed E-state index contributed by atoms with van der Waals surface area (Å²) in [4.78, 5) is 44.1. The smallest absolute Gasteiger partial charge is 0.303 e. The van der Waals surface area contributed by atoms with Crippen LogP contribution >= 0.6 is 11.3 Å². The monoisotopic (exact) mass is 399 g/mol. The van der Waals surface area contributed by atoms with E-state index in [1.165, 1.54) is 11.3 Å². The summed E-state index contributed by atoms with van der Waals surface area (Å²) in [5.74, 6) is -0.521. The Balaban J connectivity index is 1.59. The number of aromatic amines is 1. The maximum Gasteiger partial charge on any atom is 0.303 e. The summed E-state index contributed by atoms with van der Waals surface area (Å²) in [6.07, 6.45) is 1.06. The van der Waals surface area contributed by atoms with E-state index in [2.05, 4.69) is 15.3 Å². The number of carboxylic acid groups (broad SMARTS) is 1. The highest BCUT2D eigenvalue weighted by Crippen LogP contribution is 2.25. The molecular weight excluding hydrogens is 378 g/mol. The molecule has 28 heavy (non-hydrogen) atoms. The highest BCUT2D eigenvalue weighted by molar-refractivity contribution is 7.18. The van der Waals surface area contributed by atoms with Gasteiger partial charge in [0.05, 0.1) is 5.39 Å². The van der Waals surface area contributed by atoms with E-state index < -0.39 is 5.97 Å². The highest BCUT2D eigenvalue weighted by Gasteiger charge is 2.12. The zero-order valence-corrected chi connectivity index (χ0v) is 16.5. The van der Waals surface area contributed by atoms with Gasteiger partial charge in [-0.15, -0.1) is 11.3 Å². The largest absolute Gasteiger partial charge is 0.481 e. The Morgan fingerprint density at radius 1 is 1.14 bits per heavy atom. The van der Waals surface area contributed by atoms with E-state index in [1.54, 1.807) is 24.3 Å². The zero-order chi connectivity index (χ0) is 20.3. The molecule has 0 saturated carbocycles. The van der Waals surface area contributed by atoms with E-state index in [4.69, 9.17) is 5.11 Å². The lowest BCUT2D eigenvalue weighted by molar-refractivity contribution is -0.137. The fourth-order valence-corrected chi connectivity index (χ4v) is 3.93. The fourth-order valence-electron chi connectivity index (χ4n) is 2.88. The first-order valence-electron chi connectivity index (χ1n) is 8.93. The van der Waals surface area contributed by atoms with Crippen molar-refractivity contribution in [2.75, 3.05) is 5.32 Å². The molecule has 0 unspecified atom stereocenters. The normalized spacial score (nSPS) is 10.9. The minimum absolute atomic E-state index is 0.0739. The molecule has 2 heterocycles. The first-order chi connectivity index (χ1) is 13.3. The second kappa shape index (κ2) is 8.35. The van der Waals surface area contributed by atoms with E-state index >= 15 is 0 Å². The number of aryl methyl sites for hydroxylation is 4. The molecule has 0 saturated heterocycles. The van der Waals surface area contributed by atoms with Gasteiger partial charge in [0.2, 0.25) is 5.91 Å². The van der Waals surface area contributed by atoms with Crippen molar-refractivity contribution in [1.29, 1.82) is 0 Å². The quantitative estimate of drug-likeness (QED) is 0.565. The van der Waals surface area contributed by atoms with Gasteiger partial charge in [-0.2, -0.15) is 0 Å². The molecule has 3 N–H and O–H groups in total. The number of thiophene rings is 1. The van der Waals surface area contributed by atoms with E-state index in [9.17, 15) is 14.4 Å². The van der Waals surface area contributed by atoms with Gasteiger partial charge in [-0.05, 0) is 43.5 Å². The van der Waals surface area contributed by atoms with Crippen molar-refractivity contribution in [3.63, 3.8) is 0 Å². The van der Waals surface area contributed by atoms with Crippen LogP contribution in [0.1, 0.15) is 34.7 Å². The van der Waals surface area contributed by atoms with E-state index in [1.807, 2.05) is 13.8 Å². The molecule has 3 aromatic rings. The summed E-state index contributed by atoms with van der Waals surface area (Å²) in [5.41, 5.74) is 2.33. The Kier molecular flexibility index (Phi) is 5.89. The van der Waals surface area contributed by atoms with Crippen molar-refractivity contribution in [3.05, 3.63) is 56.4 Å². The maximum absolute atomic E-state index is 12.3. The Bertz CT molecular complexity index is 1080. The second-order valence-electron chi connectivity index (χ2n) is 6.61. The van der Waals surface area contributed by atoms with Crippen LogP contribution in [0.3, 0.4) is 0 Å². The Hall–Kier alpha value is -3.00. The number of nitrogens with one attached hydrogen (secondary N) is 2. The predicted molar refractivity (Wildman–Crippen MR) is 109 cm³/mol. The molecule has 0 bridgehead atoms. The third kappa shape index (κ3) is 4.64. The molecule has 1 aromatic carbocycles. The number of carbonyl (C=O) groups excluding carboxylic acids is 1. The van der Waals surface area contributed by atoms with Crippen molar-refractivity contribution >= 4 is 39.1 Å². The van der Waals surface area contributed by atoms with Crippen molar-refractivity contribution in [2.24, 2.45) is 0 Å². The number of nitrogens with zero attached hydrogens (tertiary/aromatic N) is 1. The molecule has 2 aromatic heterocycles. The third-order valence-corrected chi connectivity index (χ3v) is 5.64. The lowest BCUT2D eigenvalue weighted by atomic mass is 10.1. The van der Waals surface area contributed by atoms with Crippen molar-refractivity contribution in [3.8, 4) is 0 Å². The number of carbonyl (C=O) groups is 2. The number of hydrogen-bond donors (Lipinski definition) is 3. The van der Waals surface area contributed by atoms with Gasteiger partial charge in [0.1, 0.15) is 10.7 Å². The van der Waals surface area contributed by atoms with Gasteiger partial charge in [0.15, 0.2) is 0 Å². The number of aliphatic carboxylic acids is 1. The molecular formula is C20H21N3O4S. The number of aromatic nitrogens is 2.